The first kappa shape index (κ1) is 11.2. The molecule has 0 aliphatic carbocycles. The lowest BCUT2D eigenvalue weighted by molar-refractivity contribution is -0.116. The second-order valence-corrected chi connectivity index (χ2v) is 4.03. The third-order valence-corrected chi connectivity index (χ3v) is 2.71. The van der Waals surface area contributed by atoms with Gasteiger partial charge in [-0.3, -0.25) is 4.79 Å². The Balaban J connectivity index is 2.15. The van der Waals surface area contributed by atoms with Gasteiger partial charge in [-0.25, -0.2) is 0 Å². The summed E-state index contributed by atoms with van der Waals surface area (Å²) in [4.78, 5) is 11.9. The van der Waals surface area contributed by atoms with Gasteiger partial charge in [-0.2, -0.15) is 5.26 Å². The first-order chi connectivity index (χ1) is 8.31. The summed E-state index contributed by atoms with van der Waals surface area (Å²) in [5, 5.41) is 15.8. The first-order valence-corrected chi connectivity index (χ1v) is 5.61. The number of nitrogens with zero attached hydrogens (tertiary/aromatic N) is 3. The molecule has 1 aromatic heterocycles. The van der Waals surface area contributed by atoms with E-state index in [-0.39, 0.29) is 5.91 Å². The lowest BCUT2D eigenvalue weighted by Crippen LogP contribution is -2.19. The Morgan fingerprint density at radius 1 is 1.41 bits per heavy atom. The molecule has 84 valence electrons. The van der Waals surface area contributed by atoms with Gasteiger partial charge in [-0.15, -0.1) is 5.10 Å². The number of nitrogens with one attached hydrogen (secondary N) is 1. The Labute approximate surface area is 102 Å². The van der Waals surface area contributed by atoms with E-state index < -0.39 is 5.92 Å². The van der Waals surface area contributed by atoms with Crippen molar-refractivity contribution in [1.82, 2.24) is 9.59 Å². The van der Waals surface area contributed by atoms with Gasteiger partial charge >= 0.3 is 0 Å². The van der Waals surface area contributed by atoms with Crippen LogP contribution >= 0.6 is 11.5 Å². The predicted molar refractivity (Wildman–Crippen MR) is 63.3 cm³/mol. The van der Waals surface area contributed by atoms with Gasteiger partial charge < -0.3 is 5.32 Å². The van der Waals surface area contributed by atoms with Crippen molar-refractivity contribution in [2.45, 2.75) is 5.92 Å². The molecule has 1 amide bonds. The zero-order valence-corrected chi connectivity index (χ0v) is 9.52. The summed E-state index contributed by atoms with van der Waals surface area (Å²) >= 11 is 1.07. The molecule has 0 saturated carbocycles. The zero-order chi connectivity index (χ0) is 12.1. The molecule has 1 heterocycles. The van der Waals surface area contributed by atoms with E-state index in [2.05, 4.69) is 14.9 Å². The van der Waals surface area contributed by atoms with E-state index in [0.29, 0.717) is 10.6 Å². The van der Waals surface area contributed by atoms with E-state index >= 15 is 0 Å². The topological polar surface area (TPSA) is 78.7 Å². The van der Waals surface area contributed by atoms with E-state index in [1.54, 1.807) is 24.3 Å². The number of carbonyl (C=O) groups excluding carboxylic acids is 1. The number of hydrogen-bond acceptors (Lipinski definition) is 5. The Hall–Kier alpha value is -2.26. The van der Waals surface area contributed by atoms with Crippen molar-refractivity contribution in [3.05, 3.63) is 42.1 Å². The molecule has 1 N–H and O–H groups in total. The maximum Gasteiger partial charge on any atom is 0.246 e. The van der Waals surface area contributed by atoms with E-state index in [1.807, 2.05) is 12.1 Å². The third-order valence-electron chi connectivity index (χ3n) is 2.13. The highest BCUT2D eigenvalue weighted by molar-refractivity contribution is 7.10. The van der Waals surface area contributed by atoms with Crippen LogP contribution in [0.25, 0.3) is 0 Å². The van der Waals surface area contributed by atoms with Crippen LogP contribution < -0.4 is 5.32 Å². The van der Waals surface area contributed by atoms with Crippen LogP contribution in [-0.2, 0) is 4.79 Å². The molecule has 0 radical (unpaired) electrons. The van der Waals surface area contributed by atoms with Crippen LogP contribution in [0.3, 0.4) is 0 Å². The Morgan fingerprint density at radius 2 is 2.18 bits per heavy atom. The molecule has 2 aromatic rings. The number of rotatable bonds is 3. The number of carbonyl (C=O) groups is 1. The number of benzene rings is 1. The van der Waals surface area contributed by atoms with Gasteiger partial charge in [0.2, 0.25) is 5.91 Å². The number of nitriles is 1. The second kappa shape index (κ2) is 5.18. The molecule has 1 aromatic carbocycles. The number of aromatic nitrogens is 2. The Kier molecular flexibility index (Phi) is 3.43. The van der Waals surface area contributed by atoms with Crippen LogP contribution in [0.2, 0.25) is 0 Å². The molecule has 0 saturated heterocycles. The Morgan fingerprint density at radius 3 is 2.76 bits per heavy atom. The van der Waals surface area contributed by atoms with Crippen molar-refractivity contribution in [2.75, 3.05) is 5.32 Å². The van der Waals surface area contributed by atoms with E-state index in [1.165, 1.54) is 6.20 Å². The molecule has 17 heavy (non-hydrogen) atoms. The summed E-state index contributed by atoms with van der Waals surface area (Å²) in [6.07, 6.45) is 1.45. The van der Waals surface area contributed by atoms with Crippen LogP contribution in [0.4, 0.5) is 5.00 Å². The molecular formula is C11H8N4OS. The van der Waals surface area contributed by atoms with Crippen molar-refractivity contribution in [2.24, 2.45) is 0 Å². The van der Waals surface area contributed by atoms with Crippen molar-refractivity contribution in [1.29, 1.82) is 5.26 Å². The van der Waals surface area contributed by atoms with Gasteiger partial charge in [0, 0.05) is 11.5 Å². The SMILES string of the molecule is N#CC(C(=O)Nc1cnns1)c1ccccc1. The average Bonchev–Trinajstić information content (AvgIpc) is 2.84. The molecule has 0 fully saturated rings. The molecule has 0 spiro atoms. The van der Waals surface area contributed by atoms with Gasteiger partial charge in [0.15, 0.2) is 5.92 Å². The summed E-state index contributed by atoms with van der Waals surface area (Å²) in [7, 11) is 0. The standard InChI is InChI=1S/C11H8N4OS/c12-6-9(8-4-2-1-3-5-8)11(16)14-10-7-13-15-17-10/h1-5,7,9H,(H,14,16). The monoisotopic (exact) mass is 244 g/mol. The molecule has 5 nitrogen and oxygen atoms in total. The maximum absolute atomic E-state index is 11.9. The fourth-order valence-electron chi connectivity index (χ4n) is 1.35. The van der Waals surface area contributed by atoms with Crippen LogP contribution in [0.15, 0.2) is 36.5 Å². The summed E-state index contributed by atoms with van der Waals surface area (Å²) in [6, 6.07) is 10.9. The highest BCUT2D eigenvalue weighted by atomic mass is 32.1. The smallest absolute Gasteiger partial charge is 0.246 e. The van der Waals surface area contributed by atoms with Crippen LogP contribution in [-0.4, -0.2) is 15.5 Å². The largest absolute Gasteiger partial charge is 0.314 e. The average molecular weight is 244 g/mol. The molecule has 0 aliphatic heterocycles. The molecular weight excluding hydrogens is 236 g/mol. The van der Waals surface area contributed by atoms with E-state index in [9.17, 15) is 4.79 Å². The van der Waals surface area contributed by atoms with Gasteiger partial charge in [0.05, 0.1) is 12.3 Å². The lowest BCUT2D eigenvalue weighted by atomic mass is 10.00. The maximum atomic E-state index is 11.9. The summed E-state index contributed by atoms with van der Waals surface area (Å²) in [5.41, 5.74) is 0.671. The normalized spacial score (nSPS) is 11.5. The summed E-state index contributed by atoms with van der Waals surface area (Å²) < 4.78 is 3.63. The lowest BCUT2D eigenvalue weighted by Gasteiger charge is -2.08. The summed E-state index contributed by atoms with van der Waals surface area (Å²) in [6.45, 7) is 0. The van der Waals surface area contributed by atoms with Crippen LogP contribution in [0.5, 0.6) is 0 Å². The molecule has 0 aliphatic rings. The molecule has 0 bridgehead atoms. The second-order valence-electron chi connectivity index (χ2n) is 3.24. The minimum absolute atomic E-state index is 0.371. The van der Waals surface area contributed by atoms with Gasteiger partial charge in [0.25, 0.3) is 0 Å². The van der Waals surface area contributed by atoms with Crippen molar-refractivity contribution in [3.63, 3.8) is 0 Å². The fourth-order valence-corrected chi connectivity index (χ4v) is 1.77. The van der Waals surface area contributed by atoms with Crippen molar-refractivity contribution < 1.29 is 4.79 Å². The first-order valence-electron chi connectivity index (χ1n) is 4.84. The van der Waals surface area contributed by atoms with Crippen molar-refractivity contribution in [3.8, 4) is 6.07 Å². The number of amides is 1. The molecule has 1 unspecified atom stereocenters. The highest BCUT2D eigenvalue weighted by Gasteiger charge is 2.20. The third kappa shape index (κ3) is 2.65. The number of hydrogen-bond donors (Lipinski definition) is 1. The minimum atomic E-state index is -0.821. The zero-order valence-electron chi connectivity index (χ0n) is 8.70. The van der Waals surface area contributed by atoms with Gasteiger partial charge in [0.1, 0.15) is 5.00 Å². The van der Waals surface area contributed by atoms with Crippen molar-refractivity contribution >= 4 is 22.4 Å². The molecule has 6 heteroatoms. The van der Waals surface area contributed by atoms with Crippen LogP contribution in [0.1, 0.15) is 11.5 Å². The van der Waals surface area contributed by atoms with Gasteiger partial charge in [-0.1, -0.05) is 34.8 Å². The highest BCUT2D eigenvalue weighted by Crippen LogP contribution is 2.18. The quantitative estimate of drug-likeness (QED) is 0.892. The Bertz CT molecular complexity index is 532. The summed E-state index contributed by atoms with van der Waals surface area (Å²) in [5.74, 6) is -1.19. The van der Waals surface area contributed by atoms with Gasteiger partial charge in [-0.05, 0) is 5.56 Å². The van der Waals surface area contributed by atoms with E-state index in [4.69, 9.17) is 5.26 Å². The minimum Gasteiger partial charge on any atom is -0.314 e. The van der Waals surface area contributed by atoms with E-state index in [0.717, 1.165) is 11.5 Å². The fraction of sp³-hybridized carbons (Fsp3) is 0.0909. The molecule has 1 atom stereocenters. The molecule has 2 rings (SSSR count). The van der Waals surface area contributed by atoms with Crippen LogP contribution in [0, 0.1) is 11.3 Å². The number of anilines is 1. The predicted octanol–water partition coefficient (Wildman–Crippen LogP) is 1.78.